The number of carbonyl (C=O) groups is 2. The van der Waals surface area contributed by atoms with Crippen molar-refractivity contribution in [3.63, 3.8) is 0 Å². The highest BCUT2D eigenvalue weighted by atomic mass is 16.5. The summed E-state index contributed by atoms with van der Waals surface area (Å²) < 4.78 is 7.68. The first-order valence-electron chi connectivity index (χ1n) is 13.6. The number of nitrogens with zero attached hydrogens (tertiary/aromatic N) is 5. The molecular weight excluding hydrogens is 492 g/mol. The van der Waals surface area contributed by atoms with Crippen molar-refractivity contribution < 1.29 is 14.3 Å². The number of likely N-dealkylation sites (tertiary alicyclic amines) is 1. The third kappa shape index (κ3) is 5.34. The van der Waals surface area contributed by atoms with Gasteiger partial charge in [0.15, 0.2) is 0 Å². The molecule has 0 radical (unpaired) electrons. The Morgan fingerprint density at radius 2 is 1.82 bits per heavy atom. The van der Waals surface area contributed by atoms with Gasteiger partial charge < -0.3 is 15.0 Å². The molecule has 7 rings (SSSR count). The number of hydrogen-bond donors (Lipinski definition) is 1. The molecule has 9 nitrogen and oxygen atoms in total. The number of rotatable bonds is 1. The molecule has 4 bridgehead atoms. The summed E-state index contributed by atoms with van der Waals surface area (Å²) >= 11 is 0. The average Bonchev–Trinajstić information content (AvgIpc) is 3.42. The predicted octanol–water partition coefficient (Wildman–Crippen LogP) is 3.43. The molecule has 2 aromatic heterocycles. The second-order valence-corrected chi connectivity index (χ2v) is 10.4. The Morgan fingerprint density at radius 1 is 1.00 bits per heavy atom. The molecule has 1 saturated heterocycles. The number of hydrogen-bond acceptors (Lipinski definition) is 6. The molecule has 39 heavy (non-hydrogen) atoms. The molecule has 2 amide bonds. The quantitative estimate of drug-likeness (QED) is 0.409. The maximum Gasteiger partial charge on any atom is 0.254 e. The molecular formula is C30H32N6O3. The average molecular weight is 525 g/mol. The van der Waals surface area contributed by atoms with Crippen LogP contribution >= 0.6 is 0 Å². The zero-order valence-electron chi connectivity index (χ0n) is 21.9. The third-order valence-electron chi connectivity index (χ3n) is 7.90. The molecule has 3 aliphatic heterocycles. The van der Waals surface area contributed by atoms with Crippen molar-refractivity contribution in [3.05, 3.63) is 83.8 Å². The van der Waals surface area contributed by atoms with Gasteiger partial charge in [0.25, 0.3) is 5.91 Å². The van der Waals surface area contributed by atoms with Gasteiger partial charge in [-0.3, -0.25) is 19.3 Å². The Kier molecular flexibility index (Phi) is 6.96. The topological polar surface area (TPSA) is 102 Å². The SMILES string of the molecule is O=C(c1ccnc2ccccc12)N1CCC2(CC1)Cc1cn(nn1)CCCOc1ccc(cc1)CCNC2=O. The number of aromatic nitrogens is 4. The van der Waals surface area contributed by atoms with E-state index in [9.17, 15) is 9.59 Å². The summed E-state index contributed by atoms with van der Waals surface area (Å²) in [6.45, 7) is 2.81. The molecule has 0 atom stereocenters. The van der Waals surface area contributed by atoms with Crippen LogP contribution in [0.25, 0.3) is 10.9 Å². The van der Waals surface area contributed by atoms with Gasteiger partial charge in [-0.15, -0.1) is 5.10 Å². The summed E-state index contributed by atoms with van der Waals surface area (Å²) in [7, 11) is 0. The van der Waals surface area contributed by atoms with E-state index < -0.39 is 5.41 Å². The van der Waals surface area contributed by atoms with E-state index in [1.807, 2.05) is 64.3 Å². The van der Waals surface area contributed by atoms with Gasteiger partial charge in [-0.2, -0.15) is 0 Å². The summed E-state index contributed by atoms with van der Waals surface area (Å²) in [4.78, 5) is 33.5. The molecule has 0 unspecified atom stereocenters. The van der Waals surface area contributed by atoms with Gasteiger partial charge in [0.05, 0.1) is 28.8 Å². The van der Waals surface area contributed by atoms with Gasteiger partial charge in [0, 0.05) is 56.8 Å². The largest absolute Gasteiger partial charge is 0.494 e. The van der Waals surface area contributed by atoms with Crippen LogP contribution in [0.1, 0.15) is 40.9 Å². The van der Waals surface area contributed by atoms with Crippen LogP contribution in [0.2, 0.25) is 0 Å². The lowest BCUT2D eigenvalue weighted by Crippen LogP contribution is -2.51. The minimum Gasteiger partial charge on any atom is -0.494 e. The summed E-state index contributed by atoms with van der Waals surface area (Å²) in [5.74, 6) is 0.832. The minimum absolute atomic E-state index is 0.0165. The number of piperidine rings is 1. The molecule has 0 saturated carbocycles. The van der Waals surface area contributed by atoms with Gasteiger partial charge in [0.1, 0.15) is 5.75 Å². The van der Waals surface area contributed by atoms with Crippen molar-refractivity contribution >= 4 is 22.7 Å². The van der Waals surface area contributed by atoms with Gasteiger partial charge in [-0.05, 0) is 49.1 Å². The highest BCUT2D eigenvalue weighted by Crippen LogP contribution is 2.36. The first kappa shape index (κ1) is 25.0. The molecule has 5 heterocycles. The van der Waals surface area contributed by atoms with Gasteiger partial charge in [-0.1, -0.05) is 35.5 Å². The fourth-order valence-electron chi connectivity index (χ4n) is 5.63. The fourth-order valence-corrected chi connectivity index (χ4v) is 5.63. The van der Waals surface area contributed by atoms with E-state index in [-0.39, 0.29) is 11.8 Å². The van der Waals surface area contributed by atoms with E-state index in [1.165, 1.54) is 0 Å². The van der Waals surface area contributed by atoms with E-state index in [4.69, 9.17) is 4.74 Å². The monoisotopic (exact) mass is 524 g/mol. The molecule has 4 aromatic rings. The maximum absolute atomic E-state index is 13.7. The lowest BCUT2D eigenvalue weighted by molar-refractivity contribution is -0.133. The Balaban J connectivity index is 1.22. The third-order valence-corrected chi connectivity index (χ3v) is 7.90. The van der Waals surface area contributed by atoms with Gasteiger partial charge >= 0.3 is 0 Å². The second kappa shape index (κ2) is 10.8. The van der Waals surface area contributed by atoms with Crippen LogP contribution in [0.5, 0.6) is 5.75 Å². The molecule has 1 fully saturated rings. The van der Waals surface area contributed by atoms with Crippen LogP contribution < -0.4 is 10.1 Å². The van der Waals surface area contributed by atoms with Gasteiger partial charge in [-0.25, -0.2) is 0 Å². The standard InChI is InChI=1S/C30H32N6O3/c37-28(26-11-15-31-27-5-2-1-4-25(26)27)35-17-12-30(13-18-35)20-23-21-36(34-33-23)16-3-19-39-24-8-6-22(7-9-24)10-14-32-29(30)38/h1-2,4-9,11,15,21H,3,10,12-14,16-20H2,(H,32,38). The first-order chi connectivity index (χ1) is 19.1. The second-order valence-electron chi connectivity index (χ2n) is 10.4. The van der Waals surface area contributed by atoms with Crippen LogP contribution in [-0.4, -0.2) is 62.9 Å². The normalized spacial score (nSPS) is 17.9. The minimum atomic E-state index is -0.654. The van der Waals surface area contributed by atoms with E-state index in [0.29, 0.717) is 57.6 Å². The van der Waals surface area contributed by atoms with Crippen LogP contribution in [0, 0.1) is 5.41 Å². The van der Waals surface area contributed by atoms with Crippen molar-refractivity contribution in [2.24, 2.45) is 5.41 Å². The molecule has 200 valence electrons. The van der Waals surface area contributed by atoms with Crippen LogP contribution in [0.15, 0.2) is 67.0 Å². The Bertz CT molecular complexity index is 1470. The molecule has 1 spiro atoms. The number of para-hydroxylation sites is 1. The van der Waals surface area contributed by atoms with E-state index in [1.54, 1.807) is 12.3 Å². The Labute approximate surface area is 227 Å². The van der Waals surface area contributed by atoms with Crippen LogP contribution in [0.4, 0.5) is 0 Å². The number of pyridine rings is 1. The fraction of sp³-hybridized carbons (Fsp3) is 0.367. The highest BCUT2D eigenvalue weighted by molar-refractivity contribution is 6.06. The summed E-state index contributed by atoms with van der Waals surface area (Å²) in [5.41, 5.74) is 2.73. The summed E-state index contributed by atoms with van der Waals surface area (Å²) in [5, 5.41) is 12.7. The number of nitrogens with one attached hydrogen (secondary N) is 1. The van der Waals surface area contributed by atoms with Crippen molar-refractivity contribution in [1.29, 1.82) is 0 Å². The zero-order chi connectivity index (χ0) is 26.7. The highest BCUT2D eigenvalue weighted by Gasteiger charge is 2.43. The number of aryl methyl sites for hydroxylation is 1. The number of carbonyl (C=O) groups excluding carboxylic acids is 2. The maximum atomic E-state index is 13.7. The lowest BCUT2D eigenvalue weighted by Gasteiger charge is -2.40. The zero-order valence-corrected chi connectivity index (χ0v) is 21.9. The first-order valence-corrected chi connectivity index (χ1v) is 13.6. The lowest BCUT2D eigenvalue weighted by atomic mass is 9.73. The van der Waals surface area contributed by atoms with Crippen LogP contribution in [0.3, 0.4) is 0 Å². The van der Waals surface area contributed by atoms with Crippen molar-refractivity contribution in [2.45, 2.75) is 38.6 Å². The number of amides is 2. The molecule has 0 aliphatic carbocycles. The van der Waals surface area contributed by atoms with E-state index in [0.717, 1.165) is 40.8 Å². The molecule has 9 heteroatoms. The molecule has 2 aromatic carbocycles. The molecule has 3 aliphatic rings. The van der Waals surface area contributed by atoms with Crippen LogP contribution in [-0.2, 0) is 24.2 Å². The van der Waals surface area contributed by atoms with E-state index in [2.05, 4.69) is 20.6 Å². The van der Waals surface area contributed by atoms with Crippen molar-refractivity contribution in [3.8, 4) is 5.75 Å². The summed E-state index contributed by atoms with van der Waals surface area (Å²) in [6, 6.07) is 17.5. The van der Waals surface area contributed by atoms with Crippen molar-refractivity contribution in [1.82, 2.24) is 30.2 Å². The summed E-state index contributed by atoms with van der Waals surface area (Å²) in [6.07, 6.45) is 6.76. The smallest absolute Gasteiger partial charge is 0.254 e. The predicted molar refractivity (Wildman–Crippen MR) is 146 cm³/mol. The Hall–Kier alpha value is -4.27. The molecule has 1 N–H and O–H groups in total. The van der Waals surface area contributed by atoms with E-state index >= 15 is 0 Å². The van der Waals surface area contributed by atoms with Gasteiger partial charge in [0.2, 0.25) is 5.91 Å². The van der Waals surface area contributed by atoms with Crippen molar-refractivity contribution in [2.75, 3.05) is 26.2 Å². The Morgan fingerprint density at radius 3 is 2.67 bits per heavy atom. The number of ether oxygens (including phenoxy) is 1. The number of benzene rings is 2. The number of fused-ring (bicyclic) bond motifs is 9.